The SMILES string of the molecule is CC(C)CO[C@@H]1OC(=O)C[C@@H]1NC(=O)[C@@H]1CCCN1C(=O)[C@H](C)NC(=O)c1ccc(N)c(Cl)c1. The fourth-order valence-electron chi connectivity index (χ4n) is 3.93. The predicted octanol–water partition coefficient (Wildman–Crippen LogP) is 1.46. The monoisotopic (exact) mass is 494 g/mol. The molecule has 4 N–H and O–H groups in total. The smallest absolute Gasteiger partial charge is 0.310 e. The summed E-state index contributed by atoms with van der Waals surface area (Å²) in [6.07, 6.45) is 0.275. The molecule has 4 atom stereocenters. The minimum absolute atomic E-state index is 0.00573. The fourth-order valence-corrected chi connectivity index (χ4v) is 4.11. The van der Waals surface area contributed by atoms with Crippen molar-refractivity contribution in [1.29, 1.82) is 0 Å². The first-order chi connectivity index (χ1) is 16.1. The predicted molar refractivity (Wildman–Crippen MR) is 125 cm³/mol. The molecule has 0 saturated carbocycles. The van der Waals surface area contributed by atoms with Crippen molar-refractivity contribution in [3.63, 3.8) is 0 Å². The zero-order valence-corrected chi connectivity index (χ0v) is 20.3. The molecule has 0 spiro atoms. The molecule has 2 fully saturated rings. The van der Waals surface area contributed by atoms with Crippen molar-refractivity contribution in [3.8, 4) is 0 Å². The van der Waals surface area contributed by atoms with Gasteiger partial charge in [0.05, 0.1) is 23.7 Å². The van der Waals surface area contributed by atoms with Crippen LogP contribution in [0.4, 0.5) is 5.69 Å². The average Bonchev–Trinajstić information content (AvgIpc) is 3.40. The zero-order chi connectivity index (χ0) is 25.0. The zero-order valence-electron chi connectivity index (χ0n) is 19.5. The molecule has 0 aliphatic carbocycles. The fraction of sp³-hybridized carbons (Fsp3) is 0.565. The van der Waals surface area contributed by atoms with Crippen LogP contribution in [0.3, 0.4) is 0 Å². The average molecular weight is 495 g/mol. The lowest BCUT2D eigenvalue weighted by Gasteiger charge is -2.28. The number of ether oxygens (including phenoxy) is 2. The number of hydrogen-bond acceptors (Lipinski definition) is 7. The van der Waals surface area contributed by atoms with Crippen LogP contribution in [0, 0.1) is 5.92 Å². The number of benzene rings is 1. The number of halogens is 1. The first-order valence-electron chi connectivity index (χ1n) is 11.3. The Morgan fingerprint density at radius 1 is 1.29 bits per heavy atom. The van der Waals surface area contributed by atoms with E-state index in [-0.39, 0.29) is 34.7 Å². The van der Waals surface area contributed by atoms with Crippen molar-refractivity contribution < 1.29 is 28.7 Å². The van der Waals surface area contributed by atoms with Crippen LogP contribution in [0.2, 0.25) is 5.02 Å². The summed E-state index contributed by atoms with van der Waals surface area (Å²) in [5.74, 6) is -1.44. The van der Waals surface area contributed by atoms with Gasteiger partial charge < -0.3 is 30.7 Å². The van der Waals surface area contributed by atoms with Crippen LogP contribution in [0.1, 0.15) is 50.4 Å². The van der Waals surface area contributed by atoms with Crippen molar-refractivity contribution in [1.82, 2.24) is 15.5 Å². The van der Waals surface area contributed by atoms with Crippen LogP contribution in [-0.4, -0.2) is 66.2 Å². The Morgan fingerprint density at radius 3 is 2.71 bits per heavy atom. The molecule has 2 heterocycles. The second kappa shape index (κ2) is 11.1. The van der Waals surface area contributed by atoms with E-state index in [1.54, 1.807) is 6.92 Å². The van der Waals surface area contributed by atoms with Gasteiger partial charge in [0, 0.05) is 12.1 Å². The summed E-state index contributed by atoms with van der Waals surface area (Å²) in [5.41, 5.74) is 6.29. The Bertz CT molecular complexity index is 955. The van der Waals surface area contributed by atoms with E-state index in [1.807, 2.05) is 13.8 Å². The van der Waals surface area contributed by atoms with Gasteiger partial charge in [-0.05, 0) is 43.9 Å². The molecule has 34 heavy (non-hydrogen) atoms. The third-order valence-corrected chi connectivity index (χ3v) is 6.03. The molecule has 0 bridgehead atoms. The summed E-state index contributed by atoms with van der Waals surface area (Å²) in [6, 6.07) is 2.26. The minimum atomic E-state index is -0.865. The molecule has 3 amide bonds. The van der Waals surface area contributed by atoms with Gasteiger partial charge in [-0.1, -0.05) is 25.4 Å². The Hall–Kier alpha value is -2.85. The molecule has 186 valence electrons. The van der Waals surface area contributed by atoms with Crippen LogP contribution in [-0.2, 0) is 23.9 Å². The van der Waals surface area contributed by atoms with E-state index in [0.717, 1.165) is 0 Å². The molecular weight excluding hydrogens is 464 g/mol. The molecule has 0 unspecified atom stereocenters. The van der Waals surface area contributed by atoms with Gasteiger partial charge >= 0.3 is 5.97 Å². The second-order valence-electron chi connectivity index (χ2n) is 9.03. The number of likely N-dealkylation sites (tertiary alicyclic amines) is 1. The molecule has 3 rings (SSSR count). The summed E-state index contributed by atoms with van der Waals surface area (Å²) in [7, 11) is 0. The normalized spacial score (nSPS) is 23.0. The van der Waals surface area contributed by atoms with E-state index in [9.17, 15) is 19.2 Å². The quantitative estimate of drug-likeness (QED) is 0.367. The first-order valence-corrected chi connectivity index (χ1v) is 11.7. The molecule has 1 aromatic rings. The number of anilines is 1. The van der Waals surface area contributed by atoms with Gasteiger partial charge in [-0.25, -0.2) is 0 Å². The second-order valence-corrected chi connectivity index (χ2v) is 9.43. The van der Waals surface area contributed by atoms with Gasteiger partial charge in [0.1, 0.15) is 18.1 Å². The number of carbonyl (C=O) groups is 4. The van der Waals surface area contributed by atoms with Crippen molar-refractivity contribution in [2.75, 3.05) is 18.9 Å². The van der Waals surface area contributed by atoms with Gasteiger partial charge in [0.25, 0.3) is 5.91 Å². The summed E-state index contributed by atoms with van der Waals surface area (Å²) >= 11 is 5.98. The van der Waals surface area contributed by atoms with Crippen molar-refractivity contribution in [3.05, 3.63) is 28.8 Å². The Labute approximate surface area is 203 Å². The van der Waals surface area contributed by atoms with E-state index in [1.165, 1.54) is 23.1 Å². The van der Waals surface area contributed by atoms with E-state index in [0.29, 0.717) is 31.7 Å². The molecule has 2 saturated heterocycles. The number of hydrogen-bond donors (Lipinski definition) is 3. The standard InChI is InChI=1S/C23H31ClN4O6/c1-12(2)11-33-23-17(10-19(29)34-23)27-21(31)18-5-4-8-28(18)22(32)13(3)26-20(30)14-6-7-16(25)15(24)9-14/h6-7,9,12-13,17-18,23H,4-5,8,10-11,25H2,1-3H3,(H,26,30)(H,27,31)/t13-,17-,18-,23+/m0/s1. The molecule has 0 radical (unpaired) electrons. The molecular formula is C23H31ClN4O6. The number of amides is 3. The van der Waals surface area contributed by atoms with E-state index < -0.39 is 36.3 Å². The number of cyclic esters (lactones) is 1. The van der Waals surface area contributed by atoms with Gasteiger partial charge in [-0.2, -0.15) is 0 Å². The van der Waals surface area contributed by atoms with Gasteiger partial charge in [-0.15, -0.1) is 0 Å². The van der Waals surface area contributed by atoms with Crippen LogP contribution in [0.25, 0.3) is 0 Å². The Morgan fingerprint density at radius 2 is 2.03 bits per heavy atom. The number of nitrogens with zero attached hydrogens (tertiary/aromatic N) is 1. The molecule has 11 heteroatoms. The highest BCUT2D eigenvalue weighted by atomic mass is 35.5. The highest BCUT2D eigenvalue weighted by Gasteiger charge is 2.41. The molecule has 0 aromatic heterocycles. The number of nitrogen functional groups attached to an aromatic ring is 1. The number of nitrogens with two attached hydrogens (primary N) is 1. The van der Waals surface area contributed by atoms with E-state index in [2.05, 4.69) is 10.6 Å². The lowest BCUT2D eigenvalue weighted by atomic mass is 10.1. The van der Waals surface area contributed by atoms with Crippen LogP contribution in [0.5, 0.6) is 0 Å². The number of nitrogens with one attached hydrogen (secondary N) is 2. The van der Waals surface area contributed by atoms with Crippen molar-refractivity contribution in [2.45, 2.75) is 64.4 Å². The van der Waals surface area contributed by atoms with Crippen LogP contribution < -0.4 is 16.4 Å². The summed E-state index contributed by atoms with van der Waals surface area (Å²) in [6.45, 7) is 6.26. The lowest BCUT2D eigenvalue weighted by Crippen LogP contribution is -2.54. The molecule has 10 nitrogen and oxygen atoms in total. The lowest BCUT2D eigenvalue weighted by molar-refractivity contribution is -0.167. The Kier molecular flexibility index (Phi) is 8.37. The van der Waals surface area contributed by atoms with Crippen molar-refractivity contribution >= 4 is 41.0 Å². The Balaban J connectivity index is 1.60. The number of esters is 1. The summed E-state index contributed by atoms with van der Waals surface area (Å²) < 4.78 is 10.8. The maximum Gasteiger partial charge on any atom is 0.310 e. The van der Waals surface area contributed by atoms with Crippen LogP contribution >= 0.6 is 11.6 Å². The topological polar surface area (TPSA) is 140 Å². The third kappa shape index (κ3) is 6.18. The highest BCUT2D eigenvalue weighted by molar-refractivity contribution is 6.33. The van der Waals surface area contributed by atoms with Crippen LogP contribution in [0.15, 0.2) is 18.2 Å². The number of carbonyl (C=O) groups excluding carboxylic acids is 4. The van der Waals surface area contributed by atoms with Gasteiger partial charge in [-0.3, -0.25) is 19.2 Å². The minimum Gasteiger partial charge on any atom is -0.433 e. The number of rotatable bonds is 8. The van der Waals surface area contributed by atoms with E-state index >= 15 is 0 Å². The maximum absolute atomic E-state index is 13.1. The molecule has 1 aromatic carbocycles. The summed E-state index contributed by atoms with van der Waals surface area (Å²) in [5, 5.41) is 5.70. The van der Waals surface area contributed by atoms with Gasteiger partial charge in [0.15, 0.2) is 0 Å². The largest absolute Gasteiger partial charge is 0.433 e. The highest BCUT2D eigenvalue weighted by Crippen LogP contribution is 2.23. The maximum atomic E-state index is 13.1. The molecule has 2 aliphatic heterocycles. The van der Waals surface area contributed by atoms with Gasteiger partial charge in [0.2, 0.25) is 18.1 Å². The first kappa shape index (κ1) is 25.8. The molecule has 2 aliphatic rings. The van der Waals surface area contributed by atoms with E-state index in [4.69, 9.17) is 26.8 Å². The summed E-state index contributed by atoms with van der Waals surface area (Å²) in [4.78, 5) is 51.8. The third-order valence-electron chi connectivity index (χ3n) is 5.70. The van der Waals surface area contributed by atoms with Crippen molar-refractivity contribution in [2.24, 2.45) is 5.92 Å².